The minimum atomic E-state index is -0.0254. The highest BCUT2D eigenvalue weighted by Crippen LogP contribution is 2.36. The van der Waals surface area contributed by atoms with Crippen LogP contribution >= 0.6 is 11.3 Å². The maximum atomic E-state index is 6.33. The Kier molecular flexibility index (Phi) is 4.53. The fourth-order valence-electron chi connectivity index (χ4n) is 3.74. The summed E-state index contributed by atoms with van der Waals surface area (Å²) in [4.78, 5) is 5.03. The number of fused-ring (bicyclic) bond motifs is 2. The van der Waals surface area contributed by atoms with Crippen molar-refractivity contribution in [3.63, 3.8) is 0 Å². The SMILES string of the molecule is Cc1ccc(O[C@H](C)c2ccccc2)c2ccc(-c3csc4ccccc34)nc12. The van der Waals surface area contributed by atoms with Gasteiger partial charge in [-0.1, -0.05) is 54.6 Å². The standard InChI is InChI=1S/C26H21NOS/c1-17-12-15-24(28-18(2)19-8-4-3-5-9-19)21-13-14-23(27-26(17)21)22-16-29-25-11-7-6-10-20(22)25/h3-16,18H,1-2H3/t18-/m1/s1. The van der Waals surface area contributed by atoms with Crippen LogP contribution in [-0.4, -0.2) is 4.98 Å². The van der Waals surface area contributed by atoms with Crippen molar-refractivity contribution in [1.29, 1.82) is 0 Å². The summed E-state index contributed by atoms with van der Waals surface area (Å²) in [6.45, 7) is 4.19. The number of nitrogens with zero attached hydrogens (tertiary/aromatic N) is 1. The lowest BCUT2D eigenvalue weighted by atomic mass is 10.1. The summed E-state index contributed by atoms with van der Waals surface area (Å²) >= 11 is 1.76. The number of aromatic nitrogens is 1. The van der Waals surface area contributed by atoms with Crippen LogP contribution in [0, 0.1) is 6.92 Å². The zero-order chi connectivity index (χ0) is 19.8. The summed E-state index contributed by atoms with van der Waals surface area (Å²) in [5.74, 6) is 0.871. The molecule has 0 aliphatic carbocycles. The lowest BCUT2D eigenvalue weighted by molar-refractivity contribution is 0.230. The molecule has 2 nitrogen and oxygen atoms in total. The largest absolute Gasteiger partial charge is 0.485 e. The Balaban J connectivity index is 1.57. The molecule has 1 atom stereocenters. The van der Waals surface area contributed by atoms with E-state index in [1.54, 1.807) is 11.3 Å². The Labute approximate surface area is 174 Å². The first-order valence-corrected chi connectivity index (χ1v) is 10.7. The van der Waals surface area contributed by atoms with Crippen molar-refractivity contribution in [3.05, 3.63) is 95.4 Å². The van der Waals surface area contributed by atoms with Crippen LogP contribution in [0.2, 0.25) is 0 Å². The molecule has 2 heterocycles. The molecule has 5 rings (SSSR count). The summed E-state index contributed by atoms with van der Waals surface area (Å²) in [6.07, 6.45) is -0.0254. The Hall–Kier alpha value is -3.17. The molecule has 0 N–H and O–H groups in total. The molecule has 0 radical (unpaired) electrons. The minimum absolute atomic E-state index is 0.0254. The lowest BCUT2D eigenvalue weighted by Gasteiger charge is -2.17. The molecular formula is C26H21NOS. The predicted molar refractivity (Wildman–Crippen MR) is 123 cm³/mol. The topological polar surface area (TPSA) is 22.1 Å². The molecule has 0 saturated heterocycles. The second kappa shape index (κ2) is 7.34. The summed E-state index contributed by atoms with van der Waals surface area (Å²) in [6, 6.07) is 27.2. The molecule has 3 aromatic carbocycles. The van der Waals surface area contributed by atoms with Crippen LogP contribution < -0.4 is 4.74 Å². The van der Waals surface area contributed by atoms with Gasteiger partial charge in [-0.2, -0.15) is 0 Å². The lowest BCUT2D eigenvalue weighted by Crippen LogP contribution is -2.03. The van der Waals surface area contributed by atoms with E-state index in [-0.39, 0.29) is 6.10 Å². The van der Waals surface area contributed by atoms with Crippen molar-refractivity contribution in [2.45, 2.75) is 20.0 Å². The Morgan fingerprint density at radius 3 is 2.48 bits per heavy atom. The van der Waals surface area contributed by atoms with Gasteiger partial charge in [0.05, 0.1) is 11.2 Å². The smallest absolute Gasteiger partial charge is 0.129 e. The zero-order valence-electron chi connectivity index (χ0n) is 16.4. The number of benzene rings is 3. The average Bonchev–Trinajstić information content (AvgIpc) is 3.20. The van der Waals surface area contributed by atoms with Gasteiger partial charge < -0.3 is 4.74 Å². The second-order valence-corrected chi connectivity index (χ2v) is 8.20. The quantitative estimate of drug-likeness (QED) is 0.313. The van der Waals surface area contributed by atoms with Crippen molar-refractivity contribution in [1.82, 2.24) is 4.98 Å². The number of ether oxygens (including phenoxy) is 1. The molecular weight excluding hydrogens is 374 g/mol. The number of hydrogen-bond acceptors (Lipinski definition) is 3. The highest BCUT2D eigenvalue weighted by molar-refractivity contribution is 7.17. The van der Waals surface area contributed by atoms with E-state index in [2.05, 4.69) is 79.9 Å². The summed E-state index contributed by atoms with van der Waals surface area (Å²) in [5, 5.41) is 4.51. The number of rotatable bonds is 4. The molecule has 3 heteroatoms. The number of thiophene rings is 1. The summed E-state index contributed by atoms with van der Waals surface area (Å²) in [5.41, 5.74) is 5.51. The van der Waals surface area contributed by atoms with Gasteiger partial charge >= 0.3 is 0 Å². The van der Waals surface area contributed by atoms with E-state index in [1.165, 1.54) is 15.6 Å². The maximum Gasteiger partial charge on any atom is 0.129 e. The van der Waals surface area contributed by atoms with Crippen molar-refractivity contribution in [3.8, 4) is 17.0 Å². The molecule has 29 heavy (non-hydrogen) atoms. The normalized spacial score (nSPS) is 12.3. The number of aryl methyl sites for hydroxylation is 1. The van der Waals surface area contributed by atoms with E-state index in [4.69, 9.17) is 9.72 Å². The maximum absolute atomic E-state index is 6.33. The van der Waals surface area contributed by atoms with E-state index < -0.39 is 0 Å². The van der Waals surface area contributed by atoms with Gasteiger partial charge in [-0.05, 0) is 49.2 Å². The van der Waals surface area contributed by atoms with Gasteiger partial charge in [0.15, 0.2) is 0 Å². The number of hydrogen-bond donors (Lipinski definition) is 0. The Bertz CT molecular complexity index is 1310. The van der Waals surface area contributed by atoms with E-state index in [0.717, 1.165) is 33.5 Å². The van der Waals surface area contributed by atoms with Gasteiger partial charge in [-0.25, -0.2) is 4.98 Å². The fraction of sp³-hybridized carbons (Fsp3) is 0.115. The first kappa shape index (κ1) is 17.9. The van der Waals surface area contributed by atoms with Crippen molar-refractivity contribution >= 4 is 32.3 Å². The predicted octanol–water partition coefficient (Wildman–Crippen LogP) is 7.56. The highest BCUT2D eigenvalue weighted by Gasteiger charge is 2.14. The highest BCUT2D eigenvalue weighted by atomic mass is 32.1. The molecule has 2 aromatic heterocycles. The molecule has 0 aliphatic heterocycles. The third-order valence-electron chi connectivity index (χ3n) is 5.35. The molecule has 0 fully saturated rings. The van der Waals surface area contributed by atoms with Crippen LogP contribution in [0.3, 0.4) is 0 Å². The average molecular weight is 396 g/mol. The summed E-state index contributed by atoms with van der Waals surface area (Å²) < 4.78 is 7.62. The minimum Gasteiger partial charge on any atom is -0.485 e. The van der Waals surface area contributed by atoms with E-state index in [9.17, 15) is 0 Å². The van der Waals surface area contributed by atoms with E-state index in [0.29, 0.717) is 0 Å². The molecule has 0 amide bonds. The van der Waals surface area contributed by atoms with Gasteiger partial charge in [-0.3, -0.25) is 0 Å². The van der Waals surface area contributed by atoms with Gasteiger partial charge in [0.2, 0.25) is 0 Å². The third-order valence-corrected chi connectivity index (χ3v) is 6.31. The number of pyridine rings is 1. The van der Waals surface area contributed by atoms with Crippen LogP contribution in [0.4, 0.5) is 0 Å². The fourth-order valence-corrected chi connectivity index (χ4v) is 4.69. The van der Waals surface area contributed by atoms with Crippen molar-refractivity contribution < 1.29 is 4.74 Å². The third kappa shape index (κ3) is 3.28. The molecule has 0 unspecified atom stereocenters. The van der Waals surface area contributed by atoms with Gasteiger partial charge in [0.25, 0.3) is 0 Å². The van der Waals surface area contributed by atoms with Crippen LogP contribution in [0.5, 0.6) is 5.75 Å². The molecule has 0 bridgehead atoms. The first-order valence-electron chi connectivity index (χ1n) is 9.79. The van der Waals surface area contributed by atoms with Crippen LogP contribution in [0.15, 0.2) is 84.2 Å². The van der Waals surface area contributed by atoms with Crippen LogP contribution in [-0.2, 0) is 0 Å². The van der Waals surface area contributed by atoms with Gasteiger partial charge in [0.1, 0.15) is 11.9 Å². The molecule has 142 valence electrons. The Morgan fingerprint density at radius 2 is 1.62 bits per heavy atom. The van der Waals surface area contributed by atoms with Gasteiger partial charge in [-0.15, -0.1) is 11.3 Å². The van der Waals surface area contributed by atoms with Crippen molar-refractivity contribution in [2.24, 2.45) is 0 Å². The summed E-state index contributed by atoms with van der Waals surface area (Å²) in [7, 11) is 0. The molecule has 0 saturated carbocycles. The zero-order valence-corrected chi connectivity index (χ0v) is 17.2. The van der Waals surface area contributed by atoms with E-state index in [1.807, 2.05) is 18.2 Å². The molecule has 0 spiro atoms. The van der Waals surface area contributed by atoms with E-state index >= 15 is 0 Å². The molecule has 5 aromatic rings. The van der Waals surface area contributed by atoms with Crippen molar-refractivity contribution in [2.75, 3.05) is 0 Å². The molecule has 0 aliphatic rings. The monoisotopic (exact) mass is 395 g/mol. The second-order valence-electron chi connectivity index (χ2n) is 7.29. The van der Waals surface area contributed by atoms with Gasteiger partial charge in [0, 0.05) is 26.4 Å². The van der Waals surface area contributed by atoms with Crippen LogP contribution in [0.1, 0.15) is 24.2 Å². The van der Waals surface area contributed by atoms with Crippen LogP contribution in [0.25, 0.3) is 32.2 Å². The first-order chi connectivity index (χ1) is 14.2. The Morgan fingerprint density at radius 1 is 0.828 bits per heavy atom.